The molecule has 1 aromatic rings. The third-order valence-electron chi connectivity index (χ3n) is 3.71. The first-order chi connectivity index (χ1) is 8.49. The van der Waals surface area contributed by atoms with Gasteiger partial charge < -0.3 is 0 Å². The van der Waals surface area contributed by atoms with E-state index in [1.54, 1.807) is 11.4 Å². The Morgan fingerprint density at radius 2 is 1.94 bits per heavy atom. The molecule has 0 amide bonds. The Labute approximate surface area is 110 Å². The number of hydrogen-bond acceptors (Lipinski definition) is 2. The Balaban J connectivity index is 2.11. The van der Waals surface area contributed by atoms with E-state index >= 15 is 0 Å². The molecule has 2 rings (SSSR count). The smallest absolute Gasteiger partial charge is 0.212 e. The van der Waals surface area contributed by atoms with Gasteiger partial charge in [0.1, 0.15) is 0 Å². The zero-order chi connectivity index (χ0) is 13.2. The third-order valence-corrected chi connectivity index (χ3v) is 5.58. The molecule has 18 heavy (non-hydrogen) atoms. The summed E-state index contributed by atoms with van der Waals surface area (Å²) in [7, 11) is -1.46. The van der Waals surface area contributed by atoms with Gasteiger partial charge in [0, 0.05) is 13.1 Å². The second-order valence-corrected chi connectivity index (χ2v) is 7.23. The Morgan fingerprint density at radius 3 is 2.56 bits per heavy atom. The number of rotatable bonds is 4. The van der Waals surface area contributed by atoms with Crippen molar-refractivity contribution in [1.82, 2.24) is 4.31 Å². The van der Waals surface area contributed by atoms with Gasteiger partial charge in [0.05, 0.1) is 5.75 Å². The summed E-state index contributed by atoms with van der Waals surface area (Å²) in [6, 6.07) is 7.93. The Kier molecular flexibility index (Phi) is 4.07. The molecule has 1 aliphatic rings. The van der Waals surface area contributed by atoms with Gasteiger partial charge in [-0.25, -0.2) is 12.7 Å². The first-order valence-electron chi connectivity index (χ1n) is 6.50. The topological polar surface area (TPSA) is 37.4 Å². The van der Waals surface area contributed by atoms with Gasteiger partial charge in [-0.1, -0.05) is 42.7 Å². The van der Waals surface area contributed by atoms with Crippen molar-refractivity contribution in [2.45, 2.75) is 44.4 Å². The van der Waals surface area contributed by atoms with Crippen LogP contribution in [0.2, 0.25) is 0 Å². The minimum Gasteiger partial charge on any atom is -0.212 e. The molecule has 1 fully saturated rings. The van der Waals surface area contributed by atoms with E-state index in [4.69, 9.17) is 0 Å². The predicted molar refractivity (Wildman–Crippen MR) is 73.8 cm³/mol. The molecule has 0 atom stereocenters. The van der Waals surface area contributed by atoms with E-state index in [9.17, 15) is 8.42 Å². The maximum Gasteiger partial charge on any atom is 0.218 e. The van der Waals surface area contributed by atoms with Gasteiger partial charge in [-0.15, -0.1) is 0 Å². The summed E-state index contributed by atoms with van der Waals surface area (Å²) in [6.07, 6.45) is 4.30. The van der Waals surface area contributed by atoms with E-state index in [0.29, 0.717) is 0 Å². The Morgan fingerprint density at radius 1 is 1.28 bits per heavy atom. The largest absolute Gasteiger partial charge is 0.218 e. The molecule has 0 aromatic heterocycles. The van der Waals surface area contributed by atoms with Crippen molar-refractivity contribution in [3.8, 4) is 0 Å². The van der Waals surface area contributed by atoms with Crippen molar-refractivity contribution in [3.63, 3.8) is 0 Å². The average molecular weight is 267 g/mol. The van der Waals surface area contributed by atoms with Crippen LogP contribution >= 0.6 is 0 Å². The summed E-state index contributed by atoms with van der Waals surface area (Å²) in [5, 5.41) is 0. The van der Waals surface area contributed by atoms with E-state index in [2.05, 4.69) is 0 Å². The zero-order valence-electron chi connectivity index (χ0n) is 11.1. The van der Waals surface area contributed by atoms with E-state index in [1.165, 1.54) is 0 Å². The van der Waals surface area contributed by atoms with Crippen LogP contribution in [0.25, 0.3) is 0 Å². The highest BCUT2D eigenvalue weighted by atomic mass is 32.2. The fourth-order valence-corrected chi connectivity index (χ4v) is 4.08. The molecule has 0 bridgehead atoms. The van der Waals surface area contributed by atoms with Gasteiger partial charge in [0.25, 0.3) is 0 Å². The van der Waals surface area contributed by atoms with Crippen molar-refractivity contribution in [2.75, 3.05) is 7.05 Å². The Hall–Kier alpha value is -0.870. The molecule has 0 N–H and O–H groups in total. The van der Waals surface area contributed by atoms with Crippen LogP contribution in [0.15, 0.2) is 24.3 Å². The van der Waals surface area contributed by atoms with Gasteiger partial charge in [0.15, 0.2) is 0 Å². The lowest BCUT2D eigenvalue weighted by Crippen LogP contribution is -2.36. The van der Waals surface area contributed by atoms with Gasteiger partial charge in [-0.3, -0.25) is 0 Å². The molecule has 0 spiro atoms. The standard InChI is InChI=1S/C14H21NO2S/c1-12-6-5-7-13(10-12)11-18(16,17)15(2)14-8-3-4-9-14/h5-7,10,14H,3-4,8-9,11H2,1-2H3. The Bertz CT molecular complexity index is 504. The molecular formula is C14H21NO2S. The minimum atomic E-state index is -3.18. The normalized spacial score (nSPS) is 17.5. The van der Waals surface area contributed by atoms with Gasteiger partial charge in [-0.2, -0.15) is 0 Å². The van der Waals surface area contributed by atoms with Crippen LogP contribution in [-0.4, -0.2) is 25.8 Å². The van der Waals surface area contributed by atoms with Crippen molar-refractivity contribution >= 4 is 10.0 Å². The lowest BCUT2D eigenvalue weighted by molar-refractivity contribution is 0.372. The quantitative estimate of drug-likeness (QED) is 0.841. The van der Waals surface area contributed by atoms with Crippen LogP contribution in [-0.2, 0) is 15.8 Å². The second-order valence-electron chi connectivity index (χ2n) is 5.20. The van der Waals surface area contributed by atoms with Crippen molar-refractivity contribution in [2.24, 2.45) is 0 Å². The molecule has 0 radical (unpaired) electrons. The number of sulfonamides is 1. The highest BCUT2D eigenvalue weighted by molar-refractivity contribution is 7.88. The fraction of sp³-hybridized carbons (Fsp3) is 0.571. The van der Waals surface area contributed by atoms with Crippen molar-refractivity contribution in [3.05, 3.63) is 35.4 Å². The van der Waals surface area contributed by atoms with Crippen LogP contribution in [0.1, 0.15) is 36.8 Å². The van der Waals surface area contributed by atoms with Crippen molar-refractivity contribution in [1.29, 1.82) is 0 Å². The van der Waals surface area contributed by atoms with Gasteiger partial charge >= 0.3 is 0 Å². The molecule has 100 valence electrons. The minimum absolute atomic E-state index is 0.113. The molecule has 0 aliphatic heterocycles. The molecule has 1 saturated carbocycles. The summed E-state index contributed by atoms with van der Waals surface area (Å²) in [5.41, 5.74) is 1.98. The number of hydrogen-bond donors (Lipinski definition) is 0. The summed E-state index contributed by atoms with van der Waals surface area (Å²) in [4.78, 5) is 0. The SMILES string of the molecule is Cc1cccc(CS(=O)(=O)N(C)C2CCCC2)c1. The molecule has 1 aliphatic carbocycles. The molecule has 3 nitrogen and oxygen atoms in total. The maximum absolute atomic E-state index is 12.3. The van der Waals surface area contributed by atoms with E-state index in [1.807, 2.05) is 31.2 Å². The zero-order valence-corrected chi connectivity index (χ0v) is 11.9. The summed E-state index contributed by atoms with van der Waals surface area (Å²) >= 11 is 0. The van der Waals surface area contributed by atoms with Crippen LogP contribution < -0.4 is 0 Å². The van der Waals surface area contributed by atoms with Crippen LogP contribution in [0.3, 0.4) is 0 Å². The highest BCUT2D eigenvalue weighted by Crippen LogP contribution is 2.25. The molecule has 1 aromatic carbocycles. The second kappa shape index (κ2) is 5.41. The lowest BCUT2D eigenvalue weighted by Gasteiger charge is -2.23. The van der Waals surface area contributed by atoms with Crippen molar-refractivity contribution < 1.29 is 8.42 Å². The fourth-order valence-electron chi connectivity index (χ4n) is 2.61. The molecule has 0 saturated heterocycles. The van der Waals surface area contributed by atoms with Crippen LogP contribution in [0.5, 0.6) is 0 Å². The molecule has 0 heterocycles. The van der Waals surface area contributed by atoms with Crippen LogP contribution in [0, 0.1) is 6.92 Å². The first-order valence-corrected chi connectivity index (χ1v) is 8.11. The lowest BCUT2D eigenvalue weighted by atomic mass is 10.2. The average Bonchev–Trinajstić information content (AvgIpc) is 2.80. The summed E-state index contributed by atoms with van der Waals surface area (Å²) < 4.78 is 26.2. The van der Waals surface area contributed by atoms with Gasteiger partial charge in [-0.05, 0) is 25.3 Å². The maximum atomic E-state index is 12.3. The first kappa shape index (κ1) is 13.6. The van der Waals surface area contributed by atoms with Crippen LogP contribution in [0.4, 0.5) is 0 Å². The molecular weight excluding hydrogens is 246 g/mol. The number of nitrogens with zero attached hydrogens (tertiary/aromatic N) is 1. The number of benzene rings is 1. The molecule has 4 heteroatoms. The predicted octanol–water partition coefficient (Wildman–Crippen LogP) is 2.70. The monoisotopic (exact) mass is 267 g/mol. The van der Waals surface area contributed by atoms with E-state index in [0.717, 1.165) is 36.8 Å². The van der Waals surface area contributed by atoms with E-state index in [-0.39, 0.29) is 11.8 Å². The van der Waals surface area contributed by atoms with E-state index < -0.39 is 10.0 Å². The number of aryl methyl sites for hydroxylation is 1. The summed E-state index contributed by atoms with van der Waals surface area (Å²) in [5.74, 6) is 0.113. The highest BCUT2D eigenvalue weighted by Gasteiger charge is 2.28. The molecule has 0 unspecified atom stereocenters. The summed E-state index contributed by atoms with van der Waals surface area (Å²) in [6.45, 7) is 1.98. The van der Waals surface area contributed by atoms with Gasteiger partial charge in [0.2, 0.25) is 10.0 Å². The third kappa shape index (κ3) is 3.12.